The quantitative estimate of drug-likeness (QED) is 0.781. The van der Waals surface area contributed by atoms with Gasteiger partial charge in [-0.05, 0) is 43.7 Å². The number of hydrogen-bond acceptors (Lipinski definition) is 7. The molecule has 1 unspecified atom stereocenters. The van der Waals surface area contributed by atoms with Crippen LogP contribution < -0.4 is 15.2 Å². The Morgan fingerprint density at radius 3 is 2.48 bits per heavy atom. The maximum absolute atomic E-state index is 10.2. The lowest BCUT2D eigenvalue weighted by Gasteiger charge is -2.45. The van der Waals surface area contributed by atoms with E-state index in [0.717, 1.165) is 17.7 Å². The van der Waals surface area contributed by atoms with Crippen molar-refractivity contribution in [3.63, 3.8) is 0 Å². The Balaban J connectivity index is 2.26. The highest BCUT2D eigenvalue weighted by Crippen LogP contribution is 2.54. The van der Waals surface area contributed by atoms with Gasteiger partial charge in [-0.2, -0.15) is 15.8 Å². The molecule has 0 aromatic heterocycles. The Morgan fingerprint density at radius 2 is 1.94 bits per heavy atom. The van der Waals surface area contributed by atoms with E-state index in [2.05, 4.69) is 30.0 Å². The first-order valence-corrected chi connectivity index (χ1v) is 10.4. The summed E-state index contributed by atoms with van der Waals surface area (Å²) in [7, 11) is 1.56. The molecule has 2 N–H and O–H groups in total. The Hall–Kier alpha value is -3.47. The van der Waals surface area contributed by atoms with Gasteiger partial charge in [-0.3, -0.25) is 4.90 Å². The predicted molar refractivity (Wildman–Crippen MR) is 116 cm³/mol. The summed E-state index contributed by atoms with van der Waals surface area (Å²) in [6.07, 6.45) is 1.97. The number of hydrogen-bond donors (Lipinski definition) is 1. The molecular weight excluding hydrogens is 390 g/mol. The van der Waals surface area contributed by atoms with Gasteiger partial charge in [-0.15, -0.1) is 0 Å². The topological polar surface area (TPSA) is 119 Å². The van der Waals surface area contributed by atoms with Crippen molar-refractivity contribution in [2.45, 2.75) is 32.8 Å². The van der Waals surface area contributed by atoms with Crippen LogP contribution in [0, 0.1) is 45.3 Å². The fraction of sp³-hybridized carbons (Fsp3) is 0.458. The van der Waals surface area contributed by atoms with E-state index in [4.69, 9.17) is 15.2 Å². The Kier molecular flexibility index (Phi) is 6.25. The number of benzene rings is 1. The summed E-state index contributed by atoms with van der Waals surface area (Å²) in [6.45, 7) is 8.07. The molecule has 31 heavy (non-hydrogen) atoms. The molecular formula is C24H27N5O2. The lowest BCUT2D eigenvalue weighted by Crippen LogP contribution is -2.48. The maximum atomic E-state index is 10.2. The van der Waals surface area contributed by atoms with Crippen LogP contribution in [0.4, 0.5) is 0 Å². The van der Waals surface area contributed by atoms with Crippen LogP contribution in [0.25, 0.3) is 0 Å². The van der Waals surface area contributed by atoms with E-state index in [1.54, 1.807) is 13.2 Å². The molecule has 160 valence electrons. The minimum Gasteiger partial charge on any atom is -0.493 e. The molecule has 0 amide bonds. The van der Waals surface area contributed by atoms with Crippen molar-refractivity contribution in [2.24, 2.45) is 17.1 Å². The van der Waals surface area contributed by atoms with E-state index >= 15 is 0 Å². The molecule has 7 heteroatoms. The Bertz CT molecular complexity index is 1040. The van der Waals surface area contributed by atoms with Crippen LogP contribution in [0.5, 0.6) is 11.5 Å². The van der Waals surface area contributed by atoms with Crippen molar-refractivity contribution in [2.75, 3.05) is 26.7 Å². The van der Waals surface area contributed by atoms with Crippen molar-refractivity contribution in [3.05, 3.63) is 46.7 Å². The second-order valence-corrected chi connectivity index (χ2v) is 8.10. The van der Waals surface area contributed by atoms with Gasteiger partial charge in [0.1, 0.15) is 6.07 Å². The molecule has 1 aliphatic heterocycles. The van der Waals surface area contributed by atoms with Gasteiger partial charge >= 0.3 is 0 Å². The first-order chi connectivity index (χ1) is 14.9. The molecule has 3 rings (SSSR count). The van der Waals surface area contributed by atoms with E-state index in [0.29, 0.717) is 24.6 Å². The minimum absolute atomic E-state index is 0.0268. The molecule has 0 radical (unpaired) electrons. The van der Waals surface area contributed by atoms with Gasteiger partial charge in [0.05, 0.1) is 36.6 Å². The lowest BCUT2D eigenvalue weighted by molar-refractivity contribution is 0.213. The van der Waals surface area contributed by atoms with Gasteiger partial charge in [-0.25, -0.2) is 0 Å². The number of nitrogens with zero attached hydrogens (tertiary/aromatic N) is 4. The van der Waals surface area contributed by atoms with Gasteiger partial charge in [0.15, 0.2) is 16.9 Å². The number of ether oxygens (including phenoxy) is 2. The van der Waals surface area contributed by atoms with Crippen LogP contribution in [0.1, 0.15) is 32.3 Å². The molecule has 1 aromatic rings. The van der Waals surface area contributed by atoms with Crippen LogP contribution in [0.3, 0.4) is 0 Å². The zero-order valence-electron chi connectivity index (χ0n) is 18.3. The van der Waals surface area contributed by atoms with E-state index in [9.17, 15) is 15.8 Å². The van der Waals surface area contributed by atoms with E-state index in [-0.39, 0.29) is 23.3 Å². The van der Waals surface area contributed by atoms with Gasteiger partial charge in [0, 0.05) is 24.9 Å². The average molecular weight is 418 g/mol. The first kappa shape index (κ1) is 22.2. The average Bonchev–Trinajstić information content (AvgIpc) is 2.78. The van der Waals surface area contributed by atoms with Crippen molar-refractivity contribution in [1.82, 2.24) is 4.90 Å². The van der Waals surface area contributed by atoms with Crippen molar-refractivity contribution >= 4 is 0 Å². The molecule has 0 saturated carbocycles. The van der Waals surface area contributed by atoms with Crippen molar-refractivity contribution < 1.29 is 9.47 Å². The molecule has 0 spiro atoms. The van der Waals surface area contributed by atoms with Crippen LogP contribution in [0.2, 0.25) is 0 Å². The molecule has 0 fully saturated rings. The molecule has 1 aliphatic carbocycles. The smallest absolute Gasteiger partial charge is 0.191 e. The number of nitriles is 3. The predicted octanol–water partition coefficient (Wildman–Crippen LogP) is 3.23. The first-order valence-electron chi connectivity index (χ1n) is 10.4. The summed E-state index contributed by atoms with van der Waals surface area (Å²) in [5, 5.41) is 30.2. The zero-order chi connectivity index (χ0) is 22.8. The van der Waals surface area contributed by atoms with E-state index in [1.165, 1.54) is 0 Å². The maximum Gasteiger partial charge on any atom is 0.191 e. The highest BCUT2D eigenvalue weighted by molar-refractivity contribution is 5.60. The molecule has 0 bridgehead atoms. The normalized spacial score (nSPS) is 22.6. The van der Waals surface area contributed by atoms with Crippen LogP contribution in [-0.4, -0.2) is 37.7 Å². The number of fused-ring (bicyclic) bond motifs is 1. The largest absolute Gasteiger partial charge is 0.493 e. The summed E-state index contributed by atoms with van der Waals surface area (Å²) in [5.41, 5.74) is 6.56. The van der Waals surface area contributed by atoms with E-state index in [1.807, 2.05) is 32.1 Å². The molecule has 1 aromatic carbocycles. The summed E-state index contributed by atoms with van der Waals surface area (Å²) in [5.74, 6) is 0.337. The fourth-order valence-electron chi connectivity index (χ4n) is 4.60. The van der Waals surface area contributed by atoms with E-state index < -0.39 is 11.3 Å². The number of allylic oxidation sites excluding steroid dienone is 2. The number of nitrogens with two attached hydrogens (primary N) is 1. The molecule has 1 heterocycles. The highest BCUT2D eigenvalue weighted by Gasteiger charge is 2.54. The lowest BCUT2D eigenvalue weighted by atomic mass is 9.58. The molecule has 7 nitrogen and oxygen atoms in total. The van der Waals surface area contributed by atoms with Gasteiger partial charge in [0.2, 0.25) is 0 Å². The Labute approximate surface area is 183 Å². The SMILES string of the molecule is CCN1CC=C2C(C#N)=C(N)C(C#N)(C#N)[C@H](c3ccc(OC(C)C)c(OC)c3)C2C1. The Morgan fingerprint density at radius 1 is 1.23 bits per heavy atom. The third-order valence-electron chi connectivity index (χ3n) is 6.10. The zero-order valence-corrected chi connectivity index (χ0v) is 18.3. The third kappa shape index (κ3) is 3.61. The number of methoxy groups -OCH3 is 1. The second-order valence-electron chi connectivity index (χ2n) is 8.10. The van der Waals surface area contributed by atoms with Gasteiger partial charge in [0.25, 0.3) is 0 Å². The summed E-state index contributed by atoms with van der Waals surface area (Å²) >= 11 is 0. The standard InChI is InChI=1S/C24H27N5O2/c1-5-29-9-8-17-18(11-25)23(28)24(13-26,14-27)22(19(17)12-29)16-6-7-20(31-15(2)3)21(10-16)30-4/h6-8,10,15,19,22H,5,9,12,28H2,1-4H3/t19?,22-/m1/s1. The molecule has 0 saturated heterocycles. The molecule has 2 aliphatic rings. The molecule has 2 atom stereocenters. The van der Waals surface area contributed by atoms with Crippen molar-refractivity contribution in [1.29, 1.82) is 15.8 Å². The van der Waals surface area contributed by atoms with Gasteiger partial charge < -0.3 is 15.2 Å². The van der Waals surface area contributed by atoms with Crippen LogP contribution in [-0.2, 0) is 0 Å². The van der Waals surface area contributed by atoms with Crippen molar-refractivity contribution in [3.8, 4) is 29.7 Å². The minimum atomic E-state index is -1.66. The summed E-state index contributed by atoms with van der Waals surface area (Å²) < 4.78 is 11.4. The highest BCUT2D eigenvalue weighted by atomic mass is 16.5. The summed E-state index contributed by atoms with van der Waals surface area (Å²) in [6, 6.07) is 12.0. The van der Waals surface area contributed by atoms with Crippen LogP contribution in [0.15, 0.2) is 41.1 Å². The van der Waals surface area contributed by atoms with Crippen LogP contribution >= 0.6 is 0 Å². The third-order valence-corrected chi connectivity index (χ3v) is 6.10. The number of rotatable bonds is 5. The number of likely N-dealkylation sites (N-methyl/N-ethyl adjacent to an activating group) is 1. The monoisotopic (exact) mass is 417 g/mol. The van der Waals surface area contributed by atoms with Gasteiger partial charge in [-0.1, -0.05) is 19.1 Å². The second kappa shape index (κ2) is 8.72. The summed E-state index contributed by atoms with van der Waals surface area (Å²) in [4.78, 5) is 2.23. The fourth-order valence-corrected chi connectivity index (χ4v) is 4.60.